The van der Waals surface area contributed by atoms with Crippen LogP contribution in [0, 0.1) is 20.8 Å². The lowest BCUT2D eigenvalue weighted by molar-refractivity contribution is 0.0522. The van der Waals surface area contributed by atoms with Gasteiger partial charge in [0.05, 0.1) is 0 Å². The van der Waals surface area contributed by atoms with E-state index in [0.717, 1.165) is 47.3 Å². The summed E-state index contributed by atoms with van der Waals surface area (Å²) in [7, 11) is -4.60. The average Bonchev–Trinajstić information content (AvgIpc) is 2.80. The zero-order valence-corrected chi connectivity index (χ0v) is 24.0. The molecule has 2 N–H and O–H groups in total. The molecule has 1 aromatic rings. The number of phosphoric ester groups is 1. The molecule has 0 saturated heterocycles. The third-order valence-electron chi connectivity index (χ3n) is 7.83. The van der Waals surface area contributed by atoms with E-state index in [0.29, 0.717) is 5.75 Å². The van der Waals surface area contributed by atoms with Crippen LogP contribution in [0.5, 0.6) is 11.5 Å². The molecular weight excluding hydrogens is 459 g/mol. The fourth-order valence-corrected chi connectivity index (χ4v) is 5.92. The Hall–Kier alpha value is -1.03. The average molecular weight is 511 g/mol. The first-order valence-corrected chi connectivity index (χ1v) is 15.7. The van der Waals surface area contributed by atoms with E-state index >= 15 is 0 Å². The highest BCUT2D eigenvalue weighted by molar-refractivity contribution is 7.46. The van der Waals surface area contributed by atoms with E-state index in [2.05, 4.69) is 13.8 Å². The number of unbranched alkanes of at least 4 members (excludes halogenated alkanes) is 13. The van der Waals surface area contributed by atoms with Crippen molar-refractivity contribution >= 4 is 7.82 Å². The summed E-state index contributed by atoms with van der Waals surface area (Å²) >= 11 is 0. The summed E-state index contributed by atoms with van der Waals surface area (Å²) in [6.45, 7) is 10.2. The molecule has 0 radical (unpaired) electrons. The Labute approximate surface area is 214 Å². The third kappa shape index (κ3) is 10.1. The fourth-order valence-electron chi connectivity index (χ4n) is 5.41. The predicted octanol–water partition coefficient (Wildman–Crippen LogP) is 9.04. The van der Waals surface area contributed by atoms with E-state index in [9.17, 15) is 14.4 Å². The Morgan fingerprint density at radius 1 is 0.800 bits per heavy atom. The lowest BCUT2D eigenvalue weighted by Crippen LogP contribution is -2.37. The van der Waals surface area contributed by atoms with Gasteiger partial charge in [0.15, 0.2) is 0 Å². The molecule has 202 valence electrons. The highest BCUT2D eigenvalue weighted by Crippen LogP contribution is 2.48. The molecule has 1 aliphatic heterocycles. The van der Waals surface area contributed by atoms with Crippen LogP contribution in [0.15, 0.2) is 0 Å². The van der Waals surface area contributed by atoms with E-state index in [4.69, 9.17) is 9.26 Å². The van der Waals surface area contributed by atoms with Gasteiger partial charge in [-0.3, -0.25) is 9.79 Å². The number of ether oxygens (including phenoxy) is 1. The van der Waals surface area contributed by atoms with Crippen LogP contribution in [0.25, 0.3) is 0 Å². The molecular formula is C29H51O5P. The van der Waals surface area contributed by atoms with E-state index in [1.54, 1.807) is 0 Å². The Balaban J connectivity index is 1.69. The number of hydrogen-bond donors (Lipinski definition) is 2. The van der Waals surface area contributed by atoms with Crippen LogP contribution < -0.4 is 9.26 Å². The summed E-state index contributed by atoms with van der Waals surface area (Å²) in [6, 6.07) is 0. The van der Waals surface area contributed by atoms with Gasteiger partial charge >= 0.3 is 7.82 Å². The maximum atomic E-state index is 11.4. The second kappa shape index (κ2) is 14.6. The van der Waals surface area contributed by atoms with Crippen molar-refractivity contribution in [3.63, 3.8) is 0 Å². The van der Waals surface area contributed by atoms with Gasteiger partial charge in [-0.05, 0) is 70.1 Å². The van der Waals surface area contributed by atoms with Gasteiger partial charge < -0.3 is 9.26 Å². The number of phosphoric acid groups is 1. The zero-order chi connectivity index (χ0) is 25.9. The Bertz CT molecular complexity index is 831. The van der Waals surface area contributed by atoms with Crippen molar-refractivity contribution in [2.75, 3.05) is 0 Å². The van der Waals surface area contributed by atoms with Crippen molar-refractivity contribution in [3.8, 4) is 11.5 Å². The molecule has 35 heavy (non-hydrogen) atoms. The normalized spacial score (nSPS) is 17.8. The van der Waals surface area contributed by atoms with Crippen LogP contribution in [-0.4, -0.2) is 15.4 Å². The second-order valence-corrected chi connectivity index (χ2v) is 12.2. The van der Waals surface area contributed by atoms with E-state index in [-0.39, 0.29) is 5.60 Å². The number of benzene rings is 1. The standard InChI is InChI=1S/C29H51O5P/c1-6-7-8-9-10-11-12-13-14-15-16-17-18-19-21-29(5)22-20-26-25(4)27(34-35(30,31)32)23(2)24(3)28(26)33-29/h6-22H2,1-5H3,(H2,30,31,32). The van der Waals surface area contributed by atoms with Crippen LogP contribution in [-0.2, 0) is 11.0 Å². The zero-order valence-electron chi connectivity index (χ0n) is 23.1. The first-order valence-electron chi connectivity index (χ1n) is 14.1. The number of rotatable bonds is 17. The maximum absolute atomic E-state index is 11.4. The molecule has 6 heteroatoms. The summed E-state index contributed by atoms with van der Waals surface area (Å²) in [5.41, 5.74) is 3.28. The minimum atomic E-state index is -4.60. The highest BCUT2D eigenvalue weighted by Gasteiger charge is 2.35. The molecule has 5 nitrogen and oxygen atoms in total. The molecule has 0 spiro atoms. The highest BCUT2D eigenvalue weighted by atomic mass is 31.2. The first-order chi connectivity index (χ1) is 16.6. The van der Waals surface area contributed by atoms with Crippen molar-refractivity contribution in [3.05, 3.63) is 22.3 Å². The molecule has 0 aromatic heterocycles. The van der Waals surface area contributed by atoms with Gasteiger partial charge in [-0.15, -0.1) is 0 Å². The molecule has 0 fully saturated rings. The molecule has 0 saturated carbocycles. The topological polar surface area (TPSA) is 76.0 Å². The molecule has 1 heterocycles. The lowest BCUT2D eigenvalue weighted by Gasteiger charge is -2.38. The minimum absolute atomic E-state index is 0.181. The van der Waals surface area contributed by atoms with Crippen molar-refractivity contribution in [1.82, 2.24) is 0 Å². The number of hydrogen-bond acceptors (Lipinski definition) is 3. The van der Waals surface area contributed by atoms with Gasteiger partial charge in [-0.25, -0.2) is 4.57 Å². The quantitative estimate of drug-likeness (QED) is 0.161. The van der Waals surface area contributed by atoms with Crippen LogP contribution in [0.2, 0.25) is 0 Å². The smallest absolute Gasteiger partial charge is 0.487 e. The van der Waals surface area contributed by atoms with E-state index in [1.165, 1.54) is 89.9 Å². The molecule has 1 aromatic carbocycles. The first kappa shape index (κ1) is 30.2. The van der Waals surface area contributed by atoms with Gasteiger partial charge in [0, 0.05) is 5.56 Å². The van der Waals surface area contributed by atoms with Gasteiger partial charge in [0.2, 0.25) is 0 Å². The Morgan fingerprint density at radius 3 is 1.77 bits per heavy atom. The van der Waals surface area contributed by atoms with Crippen LogP contribution in [0.4, 0.5) is 0 Å². The Morgan fingerprint density at radius 2 is 1.29 bits per heavy atom. The third-order valence-corrected chi connectivity index (χ3v) is 8.25. The molecule has 0 aliphatic carbocycles. The molecule has 0 bridgehead atoms. The maximum Gasteiger partial charge on any atom is 0.524 e. The van der Waals surface area contributed by atoms with Crippen molar-refractivity contribution in [2.45, 2.75) is 149 Å². The summed E-state index contributed by atoms with van der Waals surface area (Å²) in [5.74, 6) is 1.19. The Kier molecular flexibility index (Phi) is 12.6. The fraction of sp³-hybridized carbons (Fsp3) is 0.793. The summed E-state index contributed by atoms with van der Waals surface area (Å²) in [6.07, 6.45) is 21.9. The van der Waals surface area contributed by atoms with Crippen molar-refractivity contribution < 1.29 is 23.6 Å². The molecule has 1 unspecified atom stereocenters. The molecule has 0 amide bonds. The molecule has 2 rings (SSSR count). The summed E-state index contributed by atoms with van der Waals surface area (Å²) in [4.78, 5) is 18.6. The van der Waals surface area contributed by atoms with E-state index in [1.807, 2.05) is 20.8 Å². The number of fused-ring (bicyclic) bond motifs is 1. The monoisotopic (exact) mass is 510 g/mol. The summed E-state index contributed by atoms with van der Waals surface area (Å²) < 4.78 is 23.0. The molecule has 1 aliphatic rings. The predicted molar refractivity (Wildman–Crippen MR) is 146 cm³/mol. The van der Waals surface area contributed by atoms with Gasteiger partial charge in [-0.1, -0.05) is 90.4 Å². The van der Waals surface area contributed by atoms with Gasteiger partial charge in [-0.2, -0.15) is 0 Å². The van der Waals surface area contributed by atoms with Crippen molar-refractivity contribution in [2.24, 2.45) is 0 Å². The van der Waals surface area contributed by atoms with Crippen LogP contribution in [0.1, 0.15) is 139 Å². The van der Waals surface area contributed by atoms with Gasteiger partial charge in [0.1, 0.15) is 17.1 Å². The lowest BCUT2D eigenvalue weighted by atomic mass is 9.84. The van der Waals surface area contributed by atoms with Crippen molar-refractivity contribution in [1.29, 1.82) is 0 Å². The van der Waals surface area contributed by atoms with E-state index < -0.39 is 7.82 Å². The molecule has 1 atom stereocenters. The van der Waals surface area contributed by atoms with Crippen LogP contribution >= 0.6 is 7.82 Å². The minimum Gasteiger partial charge on any atom is -0.487 e. The van der Waals surface area contributed by atoms with Crippen LogP contribution in [0.3, 0.4) is 0 Å². The largest absolute Gasteiger partial charge is 0.524 e. The summed E-state index contributed by atoms with van der Waals surface area (Å²) in [5, 5.41) is 0. The van der Waals surface area contributed by atoms with Gasteiger partial charge in [0.25, 0.3) is 0 Å². The SMILES string of the molecule is CCCCCCCCCCCCCCCCC1(C)CCc2c(C)c(OP(=O)(O)O)c(C)c(C)c2O1. The second-order valence-electron chi connectivity index (χ2n) is 11.0.